The molecule has 0 N–H and O–H groups in total. The third-order valence-electron chi connectivity index (χ3n) is 1.67. The lowest BCUT2D eigenvalue weighted by Gasteiger charge is -2.13. The molecule has 0 aromatic carbocycles. The first-order valence-corrected chi connectivity index (χ1v) is 6.48. The number of hydrogen-bond donors (Lipinski definition) is 0. The van der Waals surface area contributed by atoms with E-state index in [1.165, 1.54) is 16.2 Å². The molecule has 0 radical (unpaired) electrons. The average Bonchev–Trinajstić information content (AvgIpc) is 2.58. The fourth-order valence-corrected chi connectivity index (χ4v) is 2.98. The molecular weight excluding hydrogens is 358 g/mol. The highest BCUT2D eigenvalue weighted by atomic mass is 79.9. The highest BCUT2D eigenvalue weighted by Gasteiger charge is 2.18. The first kappa shape index (κ1) is 13.2. The Hall–Kier alpha value is -0.890. The van der Waals surface area contributed by atoms with Gasteiger partial charge in [0.1, 0.15) is 13.1 Å². The van der Waals surface area contributed by atoms with Gasteiger partial charge in [0.25, 0.3) is 5.91 Å². The van der Waals surface area contributed by atoms with Crippen LogP contribution in [0.1, 0.15) is 9.67 Å². The third-order valence-corrected chi connectivity index (χ3v) is 4.91. The minimum absolute atomic E-state index is 0.0838. The molecule has 1 aromatic rings. The van der Waals surface area contributed by atoms with Gasteiger partial charge >= 0.3 is 0 Å². The lowest BCUT2D eigenvalue weighted by atomic mass is 10.4. The van der Waals surface area contributed by atoms with Crippen LogP contribution in [0.3, 0.4) is 0 Å². The Bertz CT molecular complexity index is 450. The first-order valence-electron chi connectivity index (χ1n) is 4.08. The molecule has 0 aliphatic carbocycles. The monoisotopic (exact) mass is 361 g/mol. The van der Waals surface area contributed by atoms with Crippen molar-refractivity contribution in [2.75, 3.05) is 13.1 Å². The maximum atomic E-state index is 11.9. The molecule has 0 aliphatic rings. The summed E-state index contributed by atoms with van der Waals surface area (Å²) in [6.45, 7) is -0.168. The maximum absolute atomic E-state index is 11.9. The summed E-state index contributed by atoms with van der Waals surface area (Å²) in [6, 6.07) is 5.39. The van der Waals surface area contributed by atoms with Crippen molar-refractivity contribution in [3.63, 3.8) is 0 Å². The average molecular weight is 363 g/mol. The fraction of sp³-hybridized carbons (Fsp3) is 0.222. The van der Waals surface area contributed by atoms with Crippen LogP contribution in [0.15, 0.2) is 14.3 Å². The Morgan fingerprint density at radius 3 is 2.31 bits per heavy atom. The molecule has 0 atom stereocenters. The Labute approximate surface area is 113 Å². The molecule has 1 heterocycles. The van der Waals surface area contributed by atoms with Crippen molar-refractivity contribution in [1.82, 2.24) is 4.90 Å². The number of nitrogens with zero attached hydrogens (tertiary/aromatic N) is 3. The van der Waals surface area contributed by atoms with Crippen LogP contribution in [0, 0.1) is 22.7 Å². The van der Waals surface area contributed by atoms with Gasteiger partial charge in [-0.15, -0.1) is 11.3 Å². The van der Waals surface area contributed by atoms with Gasteiger partial charge in [0, 0.05) is 4.47 Å². The molecule has 4 nitrogen and oxygen atoms in total. The highest BCUT2D eigenvalue weighted by molar-refractivity contribution is 9.13. The van der Waals surface area contributed by atoms with Crippen LogP contribution in [-0.2, 0) is 0 Å². The predicted molar refractivity (Wildman–Crippen MR) is 66.8 cm³/mol. The molecule has 0 unspecified atom stereocenters. The summed E-state index contributed by atoms with van der Waals surface area (Å²) in [5.41, 5.74) is 0. The molecule has 1 amide bonds. The second kappa shape index (κ2) is 6.00. The van der Waals surface area contributed by atoms with Crippen LogP contribution in [0.4, 0.5) is 0 Å². The molecule has 0 bridgehead atoms. The van der Waals surface area contributed by atoms with E-state index in [2.05, 4.69) is 31.9 Å². The summed E-state index contributed by atoms with van der Waals surface area (Å²) in [5, 5.41) is 17.1. The number of halogens is 2. The largest absolute Gasteiger partial charge is 0.311 e. The summed E-state index contributed by atoms with van der Waals surface area (Å²) in [5.74, 6) is -0.306. The van der Waals surface area contributed by atoms with Crippen molar-refractivity contribution >= 4 is 49.1 Å². The standard InChI is InChI=1S/C9H5Br2N3OS/c10-6-5-7(16-8(6)11)9(15)14(3-1-12)4-2-13/h5H,3-4H2. The zero-order valence-corrected chi connectivity index (χ0v) is 11.9. The molecular formula is C9H5Br2N3OS. The smallest absolute Gasteiger partial charge is 0.265 e. The van der Waals surface area contributed by atoms with E-state index in [1.807, 2.05) is 12.1 Å². The molecule has 1 rings (SSSR count). The number of carbonyl (C=O) groups excluding carboxylic acids is 1. The van der Waals surface area contributed by atoms with Crippen LogP contribution in [0.2, 0.25) is 0 Å². The molecule has 0 saturated carbocycles. The summed E-state index contributed by atoms with van der Waals surface area (Å²) in [7, 11) is 0. The van der Waals surface area contributed by atoms with Crippen molar-refractivity contribution in [2.45, 2.75) is 0 Å². The quantitative estimate of drug-likeness (QED) is 0.776. The van der Waals surface area contributed by atoms with E-state index >= 15 is 0 Å². The molecule has 0 fully saturated rings. The van der Waals surface area contributed by atoms with Crippen LogP contribution in [0.25, 0.3) is 0 Å². The predicted octanol–water partition coefficient (Wildman–Crippen LogP) is 2.76. The number of rotatable bonds is 3. The van der Waals surface area contributed by atoms with E-state index in [-0.39, 0.29) is 19.0 Å². The van der Waals surface area contributed by atoms with Crippen LogP contribution >= 0.6 is 43.2 Å². The van der Waals surface area contributed by atoms with Crippen LogP contribution in [0.5, 0.6) is 0 Å². The Morgan fingerprint density at radius 2 is 1.94 bits per heavy atom. The van der Waals surface area contributed by atoms with Gasteiger partial charge in [0.15, 0.2) is 0 Å². The number of hydrogen-bond acceptors (Lipinski definition) is 4. The van der Waals surface area contributed by atoms with Gasteiger partial charge in [-0.3, -0.25) is 4.79 Å². The van der Waals surface area contributed by atoms with Gasteiger partial charge in [-0.25, -0.2) is 0 Å². The van der Waals surface area contributed by atoms with Crippen molar-refractivity contribution in [1.29, 1.82) is 10.5 Å². The minimum atomic E-state index is -0.306. The Balaban J connectivity index is 2.91. The van der Waals surface area contributed by atoms with E-state index in [1.54, 1.807) is 6.07 Å². The first-order chi connectivity index (χ1) is 7.60. The Morgan fingerprint density at radius 1 is 1.38 bits per heavy atom. The molecule has 7 heteroatoms. The fourth-order valence-electron chi connectivity index (χ4n) is 0.978. The summed E-state index contributed by atoms with van der Waals surface area (Å²) in [6.07, 6.45) is 0. The molecule has 0 spiro atoms. The number of amides is 1. The second-order valence-corrected chi connectivity index (χ2v) is 5.93. The number of thiophene rings is 1. The lowest BCUT2D eigenvalue weighted by Crippen LogP contribution is -2.31. The van der Waals surface area contributed by atoms with Crippen molar-refractivity contribution in [3.8, 4) is 12.1 Å². The van der Waals surface area contributed by atoms with Crippen LogP contribution in [-0.4, -0.2) is 23.9 Å². The van der Waals surface area contributed by atoms with Gasteiger partial charge < -0.3 is 4.90 Å². The van der Waals surface area contributed by atoms with Gasteiger partial charge in [0.05, 0.1) is 20.8 Å². The van der Waals surface area contributed by atoms with Gasteiger partial charge in [-0.1, -0.05) is 0 Å². The topological polar surface area (TPSA) is 67.9 Å². The highest BCUT2D eigenvalue weighted by Crippen LogP contribution is 2.32. The van der Waals surface area contributed by atoms with E-state index < -0.39 is 0 Å². The molecule has 82 valence electrons. The van der Waals surface area contributed by atoms with Crippen LogP contribution < -0.4 is 0 Å². The normalized spacial score (nSPS) is 9.25. The lowest BCUT2D eigenvalue weighted by molar-refractivity contribution is 0.0799. The van der Waals surface area contributed by atoms with E-state index in [4.69, 9.17) is 10.5 Å². The van der Waals surface area contributed by atoms with E-state index in [9.17, 15) is 4.79 Å². The second-order valence-electron chi connectivity index (χ2n) is 2.71. The van der Waals surface area contributed by atoms with Crippen molar-refractivity contribution in [3.05, 3.63) is 19.2 Å². The SMILES string of the molecule is N#CCN(CC#N)C(=O)c1cc(Br)c(Br)s1. The summed E-state index contributed by atoms with van der Waals surface area (Å²) < 4.78 is 1.60. The minimum Gasteiger partial charge on any atom is -0.311 e. The number of carbonyl (C=O) groups is 1. The molecule has 0 saturated heterocycles. The molecule has 16 heavy (non-hydrogen) atoms. The maximum Gasteiger partial charge on any atom is 0.265 e. The molecule has 1 aromatic heterocycles. The molecule has 0 aliphatic heterocycles. The van der Waals surface area contributed by atoms with Gasteiger partial charge in [-0.05, 0) is 37.9 Å². The Kier molecular flexibility index (Phi) is 4.94. The number of nitriles is 2. The zero-order valence-electron chi connectivity index (χ0n) is 7.91. The zero-order chi connectivity index (χ0) is 12.1. The van der Waals surface area contributed by atoms with Crippen molar-refractivity contribution < 1.29 is 4.79 Å². The summed E-state index contributed by atoms with van der Waals surface area (Å²) >= 11 is 7.82. The van der Waals surface area contributed by atoms with Gasteiger partial charge in [-0.2, -0.15) is 10.5 Å². The third kappa shape index (κ3) is 3.05. The van der Waals surface area contributed by atoms with E-state index in [0.29, 0.717) is 4.88 Å². The summed E-state index contributed by atoms with van der Waals surface area (Å²) in [4.78, 5) is 13.6. The van der Waals surface area contributed by atoms with Crippen molar-refractivity contribution in [2.24, 2.45) is 0 Å². The van der Waals surface area contributed by atoms with E-state index in [0.717, 1.165) is 8.26 Å². The van der Waals surface area contributed by atoms with Gasteiger partial charge in [0.2, 0.25) is 0 Å².